The highest BCUT2D eigenvalue weighted by atomic mass is 35.5. The van der Waals surface area contributed by atoms with Gasteiger partial charge in [0.15, 0.2) is 5.69 Å². The molecule has 4 rings (SSSR count). The summed E-state index contributed by atoms with van der Waals surface area (Å²) in [5.74, 6) is -0.147. The lowest BCUT2D eigenvalue weighted by Gasteiger charge is -2.16. The molecule has 1 aliphatic rings. The molecular formula is C17H14ClN5O. The summed E-state index contributed by atoms with van der Waals surface area (Å²) in [6.45, 7) is 2.46. The van der Waals surface area contributed by atoms with Crippen LogP contribution in [0, 0.1) is 6.92 Å². The first-order valence-corrected chi connectivity index (χ1v) is 7.96. The van der Waals surface area contributed by atoms with Crippen LogP contribution >= 0.6 is 11.6 Å². The topological polar surface area (TPSA) is 63.9 Å². The van der Waals surface area contributed by atoms with Gasteiger partial charge in [0.2, 0.25) is 0 Å². The van der Waals surface area contributed by atoms with Crippen molar-refractivity contribution in [3.8, 4) is 5.69 Å². The van der Waals surface area contributed by atoms with Gasteiger partial charge in [-0.3, -0.25) is 9.78 Å². The zero-order valence-electron chi connectivity index (χ0n) is 13.0. The number of amides is 1. The van der Waals surface area contributed by atoms with Gasteiger partial charge < -0.3 is 4.90 Å². The summed E-state index contributed by atoms with van der Waals surface area (Å²) in [5, 5.41) is 8.83. The molecule has 7 heteroatoms. The maximum Gasteiger partial charge on any atom is 0.280 e. The Balaban J connectivity index is 1.70. The van der Waals surface area contributed by atoms with E-state index >= 15 is 0 Å². The van der Waals surface area contributed by atoms with Crippen LogP contribution in [0.25, 0.3) is 5.69 Å². The molecule has 6 nitrogen and oxygen atoms in total. The Labute approximate surface area is 143 Å². The molecule has 0 radical (unpaired) electrons. The van der Waals surface area contributed by atoms with Gasteiger partial charge in [-0.05, 0) is 43.2 Å². The second-order valence-electron chi connectivity index (χ2n) is 5.63. The number of hydrogen-bond donors (Lipinski definition) is 0. The van der Waals surface area contributed by atoms with E-state index in [1.54, 1.807) is 34.1 Å². The van der Waals surface area contributed by atoms with Crippen molar-refractivity contribution in [2.75, 3.05) is 11.4 Å². The van der Waals surface area contributed by atoms with Crippen molar-refractivity contribution in [2.45, 2.75) is 13.3 Å². The summed E-state index contributed by atoms with van der Waals surface area (Å²) < 4.78 is 1.63. The van der Waals surface area contributed by atoms with Crippen LogP contribution < -0.4 is 4.90 Å². The zero-order chi connectivity index (χ0) is 16.7. The van der Waals surface area contributed by atoms with E-state index in [0.717, 1.165) is 23.4 Å². The van der Waals surface area contributed by atoms with E-state index in [-0.39, 0.29) is 5.91 Å². The van der Waals surface area contributed by atoms with Crippen molar-refractivity contribution in [3.05, 3.63) is 64.7 Å². The van der Waals surface area contributed by atoms with Gasteiger partial charge in [-0.1, -0.05) is 22.9 Å². The number of pyridine rings is 1. The third kappa shape index (κ3) is 2.35. The van der Waals surface area contributed by atoms with Crippen molar-refractivity contribution >= 4 is 23.2 Å². The standard InChI is InChI=1S/C17H14ClN5O/c1-11-16(20-21-23(11)14-4-2-3-13(18)9-14)17(24)22-8-6-12-10-19-7-5-15(12)22/h2-5,7,9-10H,6,8H2,1H3. The fourth-order valence-electron chi connectivity index (χ4n) is 2.95. The molecule has 1 amide bonds. The van der Waals surface area contributed by atoms with E-state index in [2.05, 4.69) is 15.3 Å². The monoisotopic (exact) mass is 339 g/mol. The Hall–Kier alpha value is -2.73. The average molecular weight is 340 g/mol. The maximum absolute atomic E-state index is 12.9. The van der Waals surface area contributed by atoms with Crippen LogP contribution in [-0.4, -0.2) is 32.4 Å². The van der Waals surface area contributed by atoms with E-state index in [4.69, 9.17) is 11.6 Å². The minimum atomic E-state index is -0.147. The smallest absolute Gasteiger partial charge is 0.280 e. The van der Waals surface area contributed by atoms with Gasteiger partial charge in [0.25, 0.3) is 5.91 Å². The van der Waals surface area contributed by atoms with Gasteiger partial charge >= 0.3 is 0 Å². The highest BCUT2D eigenvalue weighted by Gasteiger charge is 2.29. The van der Waals surface area contributed by atoms with Gasteiger partial charge in [-0.25, -0.2) is 4.68 Å². The molecule has 1 aliphatic heterocycles. The number of carbonyl (C=O) groups excluding carboxylic acids is 1. The van der Waals surface area contributed by atoms with Crippen molar-refractivity contribution in [3.63, 3.8) is 0 Å². The summed E-state index contributed by atoms with van der Waals surface area (Å²) >= 11 is 6.03. The predicted molar refractivity (Wildman–Crippen MR) is 90.7 cm³/mol. The number of anilines is 1. The van der Waals surface area contributed by atoms with E-state index in [1.807, 2.05) is 25.1 Å². The number of rotatable bonds is 2. The van der Waals surface area contributed by atoms with Crippen molar-refractivity contribution in [1.29, 1.82) is 0 Å². The van der Waals surface area contributed by atoms with Gasteiger partial charge in [-0.15, -0.1) is 5.10 Å². The Kier molecular flexibility index (Phi) is 3.54. The molecule has 0 aliphatic carbocycles. The van der Waals surface area contributed by atoms with Gasteiger partial charge in [0.1, 0.15) is 0 Å². The number of hydrogen-bond acceptors (Lipinski definition) is 4. The van der Waals surface area contributed by atoms with Crippen LogP contribution in [0.2, 0.25) is 5.02 Å². The average Bonchev–Trinajstić information content (AvgIpc) is 3.18. The Morgan fingerprint density at radius 3 is 3.00 bits per heavy atom. The molecule has 1 aromatic carbocycles. The molecule has 0 fully saturated rings. The SMILES string of the molecule is Cc1c(C(=O)N2CCc3cnccc32)nnn1-c1cccc(Cl)c1. The van der Waals surface area contributed by atoms with E-state index in [0.29, 0.717) is 23.0 Å². The van der Waals surface area contributed by atoms with Crippen LogP contribution in [0.5, 0.6) is 0 Å². The number of halogens is 1. The Morgan fingerprint density at radius 1 is 1.29 bits per heavy atom. The minimum absolute atomic E-state index is 0.147. The van der Waals surface area contributed by atoms with Crippen molar-refractivity contribution in [1.82, 2.24) is 20.0 Å². The first-order chi connectivity index (χ1) is 11.6. The Bertz CT molecular complexity index is 936. The van der Waals surface area contributed by atoms with E-state index in [9.17, 15) is 4.79 Å². The summed E-state index contributed by atoms with van der Waals surface area (Å²) in [6.07, 6.45) is 4.30. The molecule has 3 heterocycles. The highest BCUT2D eigenvalue weighted by molar-refractivity contribution is 6.30. The summed E-state index contributed by atoms with van der Waals surface area (Å²) in [7, 11) is 0. The normalized spacial score (nSPS) is 13.2. The van der Waals surface area contributed by atoms with Gasteiger partial charge in [0.05, 0.1) is 17.1 Å². The number of carbonyl (C=O) groups is 1. The lowest BCUT2D eigenvalue weighted by molar-refractivity contribution is 0.0984. The first-order valence-electron chi connectivity index (χ1n) is 7.58. The second kappa shape index (κ2) is 5.72. The molecule has 0 saturated carbocycles. The van der Waals surface area contributed by atoms with E-state index < -0.39 is 0 Å². The summed E-state index contributed by atoms with van der Waals surface area (Å²) in [6, 6.07) is 9.15. The molecule has 0 bridgehead atoms. The lowest BCUT2D eigenvalue weighted by atomic mass is 10.2. The van der Waals surface area contributed by atoms with Crippen LogP contribution in [-0.2, 0) is 6.42 Å². The fraction of sp³-hybridized carbons (Fsp3) is 0.176. The molecule has 24 heavy (non-hydrogen) atoms. The van der Waals surface area contributed by atoms with E-state index in [1.165, 1.54) is 0 Å². The van der Waals surface area contributed by atoms with Crippen LogP contribution in [0.15, 0.2) is 42.7 Å². The largest absolute Gasteiger partial charge is 0.306 e. The molecule has 0 atom stereocenters. The van der Waals surface area contributed by atoms with Crippen LogP contribution in [0.4, 0.5) is 5.69 Å². The van der Waals surface area contributed by atoms with Gasteiger partial charge in [-0.2, -0.15) is 0 Å². The number of benzene rings is 1. The molecular weight excluding hydrogens is 326 g/mol. The maximum atomic E-state index is 12.9. The van der Waals surface area contributed by atoms with Gasteiger partial charge in [0, 0.05) is 24.0 Å². The molecule has 3 aromatic rings. The molecule has 2 aromatic heterocycles. The van der Waals surface area contributed by atoms with Crippen LogP contribution in [0.3, 0.4) is 0 Å². The van der Waals surface area contributed by atoms with Crippen molar-refractivity contribution < 1.29 is 4.79 Å². The van der Waals surface area contributed by atoms with Crippen LogP contribution in [0.1, 0.15) is 21.7 Å². The second-order valence-corrected chi connectivity index (χ2v) is 6.06. The highest BCUT2D eigenvalue weighted by Crippen LogP contribution is 2.28. The molecule has 0 unspecified atom stereocenters. The quantitative estimate of drug-likeness (QED) is 0.720. The number of aromatic nitrogens is 4. The third-order valence-electron chi connectivity index (χ3n) is 4.17. The summed E-state index contributed by atoms with van der Waals surface area (Å²) in [4.78, 5) is 18.7. The number of fused-ring (bicyclic) bond motifs is 1. The molecule has 0 saturated heterocycles. The fourth-order valence-corrected chi connectivity index (χ4v) is 3.13. The Morgan fingerprint density at radius 2 is 2.17 bits per heavy atom. The third-order valence-corrected chi connectivity index (χ3v) is 4.40. The molecule has 0 N–H and O–H groups in total. The molecule has 120 valence electrons. The number of nitrogens with zero attached hydrogens (tertiary/aromatic N) is 5. The first kappa shape index (κ1) is 14.8. The molecule has 0 spiro atoms. The minimum Gasteiger partial charge on any atom is -0.306 e. The van der Waals surface area contributed by atoms with Crippen molar-refractivity contribution in [2.24, 2.45) is 0 Å². The predicted octanol–water partition coefficient (Wildman–Crippen LogP) is 2.83. The summed E-state index contributed by atoms with van der Waals surface area (Å²) in [5.41, 5.74) is 3.78. The zero-order valence-corrected chi connectivity index (χ0v) is 13.7. The lowest BCUT2D eigenvalue weighted by Crippen LogP contribution is -2.29.